The van der Waals surface area contributed by atoms with Crippen LogP contribution in [-0.4, -0.2) is 4.57 Å². The van der Waals surface area contributed by atoms with Gasteiger partial charge in [-0.25, -0.2) is 0 Å². The minimum atomic E-state index is 1.13. The highest BCUT2D eigenvalue weighted by molar-refractivity contribution is 9.10. The molecule has 0 bridgehead atoms. The Bertz CT molecular complexity index is 1490. The molecular weight excluding hydrogens is 430 g/mol. The minimum Gasteiger partial charge on any atom is -0.309 e. The lowest BCUT2D eigenvalue weighted by atomic mass is 9.98. The van der Waals surface area contributed by atoms with E-state index < -0.39 is 0 Å². The third kappa shape index (κ3) is 2.61. The van der Waals surface area contributed by atoms with Gasteiger partial charge in [0.1, 0.15) is 0 Å². The molecule has 142 valence electrons. The van der Waals surface area contributed by atoms with Gasteiger partial charge in [-0.15, -0.1) is 0 Å². The summed E-state index contributed by atoms with van der Waals surface area (Å²) in [6, 6.07) is 39.0. The molecule has 0 atom stereocenters. The lowest BCUT2D eigenvalue weighted by Crippen LogP contribution is -1.93. The number of nitrogens with zero attached hydrogens (tertiary/aromatic N) is 1. The van der Waals surface area contributed by atoms with E-state index in [0.717, 1.165) is 4.47 Å². The molecule has 6 aromatic rings. The van der Waals surface area contributed by atoms with E-state index in [4.69, 9.17) is 0 Å². The summed E-state index contributed by atoms with van der Waals surface area (Å²) < 4.78 is 3.48. The molecule has 0 fully saturated rings. The second kappa shape index (κ2) is 6.86. The van der Waals surface area contributed by atoms with E-state index in [1.54, 1.807) is 0 Å². The van der Waals surface area contributed by atoms with Gasteiger partial charge in [-0.05, 0) is 52.2 Å². The molecule has 0 unspecified atom stereocenters. The number of rotatable bonds is 2. The molecule has 1 heterocycles. The highest BCUT2D eigenvalue weighted by Gasteiger charge is 2.12. The van der Waals surface area contributed by atoms with Crippen molar-refractivity contribution in [2.45, 2.75) is 0 Å². The normalized spacial score (nSPS) is 11.5. The standard InChI is InChI=1S/C28H18BrN/c29-26-12-6-10-22-21(9-5-11-23(22)26)19-15-17-20(18-16-19)30-27-13-3-1-7-24(27)25-8-2-4-14-28(25)30/h1-18H. The van der Waals surface area contributed by atoms with Gasteiger partial charge >= 0.3 is 0 Å². The van der Waals surface area contributed by atoms with E-state index in [9.17, 15) is 0 Å². The lowest BCUT2D eigenvalue weighted by Gasteiger charge is -2.11. The van der Waals surface area contributed by atoms with Crippen LogP contribution >= 0.6 is 15.9 Å². The molecule has 0 aliphatic heterocycles. The summed E-state index contributed by atoms with van der Waals surface area (Å²) in [6.45, 7) is 0. The Kier molecular flexibility index (Phi) is 4.00. The van der Waals surface area contributed by atoms with Gasteiger partial charge in [0, 0.05) is 20.9 Å². The van der Waals surface area contributed by atoms with Crippen LogP contribution in [0.3, 0.4) is 0 Å². The van der Waals surface area contributed by atoms with Gasteiger partial charge in [-0.3, -0.25) is 0 Å². The molecule has 0 amide bonds. The van der Waals surface area contributed by atoms with E-state index >= 15 is 0 Å². The van der Waals surface area contributed by atoms with Crippen LogP contribution in [0.5, 0.6) is 0 Å². The van der Waals surface area contributed by atoms with Crippen LogP contribution in [0, 0.1) is 0 Å². The van der Waals surface area contributed by atoms with Crippen molar-refractivity contribution in [1.29, 1.82) is 0 Å². The molecule has 0 saturated heterocycles. The monoisotopic (exact) mass is 447 g/mol. The van der Waals surface area contributed by atoms with Crippen molar-refractivity contribution in [2.24, 2.45) is 0 Å². The fourth-order valence-corrected chi connectivity index (χ4v) is 5.01. The predicted octanol–water partition coefficient (Wildman–Crippen LogP) is 8.37. The summed E-state index contributed by atoms with van der Waals surface area (Å²) >= 11 is 3.68. The van der Waals surface area contributed by atoms with Crippen LogP contribution in [0.4, 0.5) is 0 Å². The molecule has 30 heavy (non-hydrogen) atoms. The zero-order valence-corrected chi connectivity index (χ0v) is 17.8. The Morgan fingerprint density at radius 3 is 1.73 bits per heavy atom. The molecule has 0 N–H and O–H groups in total. The van der Waals surface area contributed by atoms with Crippen molar-refractivity contribution < 1.29 is 0 Å². The Morgan fingerprint density at radius 1 is 0.467 bits per heavy atom. The average Bonchev–Trinajstić information content (AvgIpc) is 3.14. The highest BCUT2D eigenvalue weighted by Crippen LogP contribution is 2.35. The fraction of sp³-hybridized carbons (Fsp3) is 0. The van der Waals surface area contributed by atoms with Crippen molar-refractivity contribution >= 4 is 48.5 Å². The van der Waals surface area contributed by atoms with Gasteiger partial charge in [0.15, 0.2) is 0 Å². The van der Waals surface area contributed by atoms with Gasteiger partial charge in [0.25, 0.3) is 0 Å². The van der Waals surface area contributed by atoms with E-state index in [0.29, 0.717) is 0 Å². The second-order valence-electron chi connectivity index (χ2n) is 7.56. The average molecular weight is 448 g/mol. The largest absolute Gasteiger partial charge is 0.309 e. The Labute approximate surface area is 183 Å². The highest BCUT2D eigenvalue weighted by atomic mass is 79.9. The number of fused-ring (bicyclic) bond motifs is 4. The molecule has 1 aromatic heterocycles. The summed E-state index contributed by atoms with van der Waals surface area (Å²) in [4.78, 5) is 0. The first-order valence-electron chi connectivity index (χ1n) is 10.1. The first-order chi connectivity index (χ1) is 14.8. The number of para-hydroxylation sites is 2. The molecule has 0 spiro atoms. The van der Waals surface area contributed by atoms with Crippen LogP contribution in [0.15, 0.2) is 114 Å². The zero-order valence-electron chi connectivity index (χ0n) is 16.2. The third-order valence-corrected chi connectivity index (χ3v) is 6.58. The summed E-state index contributed by atoms with van der Waals surface area (Å²) in [6.07, 6.45) is 0. The van der Waals surface area contributed by atoms with Crippen LogP contribution in [0.25, 0.3) is 49.4 Å². The molecule has 0 saturated carbocycles. The van der Waals surface area contributed by atoms with E-state index in [1.165, 1.54) is 49.4 Å². The van der Waals surface area contributed by atoms with Gasteiger partial charge in [0.05, 0.1) is 11.0 Å². The summed E-state index contributed by atoms with van der Waals surface area (Å²) in [5, 5.41) is 5.07. The van der Waals surface area contributed by atoms with Crippen LogP contribution in [0.2, 0.25) is 0 Å². The smallest absolute Gasteiger partial charge is 0.0541 e. The van der Waals surface area contributed by atoms with E-state index in [-0.39, 0.29) is 0 Å². The summed E-state index contributed by atoms with van der Waals surface area (Å²) in [5.41, 5.74) is 6.13. The number of aromatic nitrogens is 1. The second-order valence-corrected chi connectivity index (χ2v) is 8.41. The maximum absolute atomic E-state index is 3.68. The topological polar surface area (TPSA) is 4.93 Å². The SMILES string of the molecule is Brc1cccc2c(-c3ccc(-n4c5ccccc5c5ccccc54)cc3)cccc12. The van der Waals surface area contributed by atoms with Gasteiger partial charge in [0.2, 0.25) is 0 Å². The molecule has 5 aromatic carbocycles. The molecule has 0 radical (unpaired) electrons. The molecular formula is C28H18BrN. The van der Waals surface area contributed by atoms with Crippen molar-refractivity contribution in [3.8, 4) is 16.8 Å². The Morgan fingerprint density at radius 2 is 1.03 bits per heavy atom. The van der Waals surface area contributed by atoms with Crippen LogP contribution < -0.4 is 0 Å². The van der Waals surface area contributed by atoms with Crippen molar-refractivity contribution in [1.82, 2.24) is 4.57 Å². The number of benzene rings is 5. The third-order valence-electron chi connectivity index (χ3n) is 5.89. The van der Waals surface area contributed by atoms with E-state index in [2.05, 4.69) is 130 Å². The quantitative estimate of drug-likeness (QED) is 0.251. The summed E-state index contributed by atoms with van der Waals surface area (Å²) in [5.74, 6) is 0. The van der Waals surface area contributed by atoms with Gasteiger partial charge in [-0.2, -0.15) is 0 Å². The van der Waals surface area contributed by atoms with Crippen molar-refractivity contribution in [3.05, 3.63) is 114 Å². The van der Waals surface area contributed by atoms with Crippen LogP contribution in [-0.2, 0) is 0 Å². The number of hydrogen-bond donors (Lipinski definition) is 0. The predicted molar refractivity (Wildman–Crippen MR) is 131 cm³/mol. The molecule has 6 rings (SSSR count). The fourth-order valence-electron chi connectivity index (χ4n) is 4.51. The van der Waals surface area contributed by atoms with Gasteiger partial charge in [-0.1, -0.05) is 94.8 Å². The first-order valence-corrected chi connectivity index (χ1v) is 10.9. The molecule has 0 aliphatic carbocycles. The van der Waals surface area contributed by atoms with Crippen LogP contribution in [0.1, 0.15) is 0 Å². The number of halogens is 1. The summed E-state index contributed by atoms with van der Waals surface area (Å²) in [7, 11) is 0. The Balaban J connectivity index is 1.55. The first kappa shape index (κ1) is 17.5. The maximum atomic E-state index is 3.68. The van der Waals surface area contributed by atoms with Crippen molar-refractivity contribution in [3.63, 3.8) is 0 Å². The van der Waals surface area contributed by atoms with Crippen molar-refractivity contribution in [2.75, 3.05) is 0 Å². The Hall–Kier alpha value is -3.36. The number of hydrogen-bond acceptors (Lipinski definition) is 0. The minimum absolute atomic E-state index is 1.13. The van der Waals surface area contributed by atoms with Gasteiger partial charge < -0.3 is 4.57 Å². The molecule has 1 nitrogen and oxygen atoms in total. The lowest BCUT2D eigenvalue weighted by molar-refractivity contribution is 1.18. The zero-order chi connectivity index (χ0) is 20.1. The molecule has 0 aliphatic rings. The molecule has 2 heteroatoms. The maximum Gasteiger partial charge on any atom is 0.0541 e. The van der Waals surface area contributed by atoms with E-state index in [1.807, 2.05) is 0 Å².